The van der Waals surface area contributed by atoms with E-state index in [0.717, 1.165) is 17.5 Å². The summed E-state index contributed by atoms with van der Waals surface area (Å²) in [5.41, 5.74) is 3.35. The molecule has 0 atom stereocenters. The van der Waals surface area contributed by atoms with Gasteiger partial charge in [-0.15, -0.1) is 0 Å². The second-order valence-corrected chi connectivity index (χ2v) is 8.08. The fourth-order valence-electron chi connectivity index (χ4n) is 2.69. The van der Waals surface area contributed by atoms with Crippen LogP contribution >= 0.6 is 11.6 Å². The number of pyridine rings is 1. The van der Waals surface area contributed by atoms with Crippen molar-refractivity contribution in [2.45, 2.75) is 32.2 Å². The molecule has 9 heteroatoms. The molecule has 2 aromatic rings. The van der Waals surface area contributed by atoms with E-state index in [0.29, 0.717) is 6.54 Å². The molecule has 27 heavy (non-hydrogen) atoms. The third kappa shape index (κ3) is 5.92. The van der Waals surface area contributed by atoms with E-state index < -0.39 is 16.0 Å². The summed E-state index contributed by atoms with van der Waals surface area (Å²) in [6.45, 7) is 6.42. The monoisotopic (exact) mass is 413 g/mol. The maximum absolute atomic E-state index is 11.9. The first-order chi connectivity index (χ1) is 12.6. The summed E-state index contributed by atoms with van der Waals surface area (Å²) >= 11 is 5.95. The molecule has 0 aliphatic heterocycles. The third-order valence-electron chi connectivity index (χ3n) is 3.88. The zero-order chi connectivity index (χ0) is 20.2. The molecule has 7 nitrogen and oxygen atoms in total. The molecule has 0 fully saturated rings. The van der Waals surface area contributed by atoms with E-state index in [1.165, 1.54) is 17.7 Å². The molecule has 1 aromatic carbocycles. The Kier molecular flexibility index (Phi) is 6.80. The number of hydrogen-bond acceptors (Lipinski definition) is 5. The lowest BCUT2D eigenvalue weighted by Gasteiger charge is -2.09. The second-order valence-electron chi connectivity index (χ2n) is 6.11. The highest BCUT2D eigenvalue weighted by atomic mass is 35.5. The van der Waals surface area contributed by atoms with Gasteiger partial charge in [0.15, 0.2) is 31.1 Å². The van der Waals surface area contributed by atoms with Crippen molar-refractivity contribution in [1.82, 2.24) is 0 Å². The molecule has 1 heterocycles. The van der Waals surface area contributed by atoms with Crippen LogP contribution in [0.5, 0.6) is 5.75 Å². The van der Waals surface area contributed by atoms with Crippen molar-refractivity contribution in [3.8, 4) is 5.75 Å². The lowest BCUT2D eigenvalue weighted by atomic mass is 10.2. The highest BCUT2D eigenvalue weighted by molar-refractivity contribution is 7.89. The molecule has 0 saturated heterocycles. The predicted octanol–water partition coefficient (Wildman–Crippen LogP) is 1.82. The van der Waals surface area contributed by atoms with Crippen molar-refractivity contribution in [2.75, 3.05) is 13.2 Å². The van der Waals surface area contributed by atoms with Crippen LogP contribution in [-0.4, -0.2) is 27.6 Å². The number of sulfonamides is 1. The number of halogens is 1. The zero-order valence-electron chi connectivity index (χ0n) is 15.4. The van der Waals surface area contributed by atoms with Crippen LogP contribution in [0.2, 0.25) is 5.02 Å². The Morgan fingerprint density at radius 3 is 2.33 bits per heavy atom. The zero-order valence-corrected chi connectivity index (χ0v) is 16.9. The average Bonchev–Trinajstić information content (AvgIpc) is 2.55. The Bertz CT molecular complexity index is 937. The summed E-state index contributed by atoms with van der Waals surface area (Å²) in [7, 11) is -3.86. The number of esters is 1. The van der Waals surface area contributed by atoms with Crippen LogP contribution in [0.1, 0.15) is 17.0 Å². The highest BCUT2D eigenvalue weighted by Gasteiger charge is 2.15. The van der Waals surface area contributed by atoms with E-state index in [2.05, 4.69) is 16.7 Å². The van der Waals surface area contributed by atoms with Crippen molar-refractivity contribution in [3.63, 3.8) is 0 Å². The van der Waals surface area contributed by atoms with E-state index in [-0.39, 0.29) is 28.9 Å². The van der Waals surface area contributed by atoms with Gasteiger partial charge in [-0.05, 0) is 30.7 Å². The molecule has 2 rings (SSSR count). The summed E-state index contributed by atoms with van der Waals surface area (Å²) < 4.78 is 35.1. The van der Waals surface area contributed by atoms with Gasteiger partial charge in [0.25, 0.3) is 0 Å². The smallest absolute Gasteiger partial charge is 0.344 e. The number of aryl methyl sites for hydroxylation is 3. The molecule has 0 aliphatic carbocycles. The molecule has 0 aliphatic rings. The van der Waals surface area contributed by atoms with Crippen LogP contribution in [-0.2, 0) is 26.1 Å². The van der Waals surface area contributed by atoms with E-state index >= 15 is 0 Å². The second kappa shape index (κ2) is 8.69. The van der Waals surface area contributed by atoms with Gasteiger partial charge in [-0.25, -0.2) is 18.4 Å². The number of hydrogen-bond donors (Lipinski definition) is 1. The van der Waals surface area contributed by atoms with Gasteiger partial charge < -0.3 is 9.47 Å². The maximum atomic E-state index is 11.9. The number of nitrogens with two attached hydrogens (primary N) is 1. The van der Waals surface area contributed by atoms with Crippen molar-refractivity contribution in [2.24, 2.45) is 5.14 Å². The third-order valence-corrected chi connectivity index (χ3v) is 5.09. The Balaban J connectivity index is 1.87. The molecule has 0 unspecified atom stereocenters. The standard InChI is InChI=1S/C18H22ClN2O5S/c1-12-8-13(2)21(14(3)9-12)6-7-25-18(22)11-26-17-5-4-15(10-16(17)19)27(20,23)24/h4-5,8-10H,6-7,11H2,1-3H3,(H2,20,23,24)/q+1. The summed E-state index contributed by atoms with van der Waals surface area (Å²) in [5.74, 6) is -0.384. The van der Waals surface area contributed by atoms with Gasteiger partial charge >= 0.3 is 5.97 Å². The fraction of sp³-hybridized carbons (Fsp3) is 0.333. The van der Waals surface area contributed by atoms with Gasteiger partial charge in [0.1, 0.15) is 5.75 Å². The minimum Gasteiger partial charge on any atom is -0.480 e. The SMILES string of the molecule is Cc1cc(C)[n+](CCOC(=O)COc2ccc(S(N)(=O)=O)cc2Cl)c(C)c1. The summed E-state index contributed by atoms with van der Waals surface area (Å²) in [6, 6.07) is 7.87. The molecule has 2 N–H and O–H groups in total. The lowest BCUT2D eigenvalue weighted by molar-refractivity contribution is -0.709. The number of carbonyl (C=O) groups is 1. The lowest BCUT2D eigenvalue weighted by Crippen LogP contribution is -2.42. The molecule has 0 radical (unpaired) electrons. The Morgan fingerprint density at radius 2 is 1.78 bits per heavy atom. The van der Waals surface area contributed by atoms with Crippen molar-refractivity contribution >= 4 is 27.6 Å². The van der Waals surface area contributed by atoms with Crippen LogP contribution in [0, 0.1) is 20.8 Å². The van der Waals surface area contributed by atoms with Crippen LogP contribution in [0.25, 0.3) is 0 Å². The first kappa shape index (κ1) is 21.1. The summed E-state index contributed by atoms with van der Waals surface area (Å²) in [5, 5.41) is 5.06. The predicted molar refractivity (Wildman–Crippen MR) is 100 cm³/mol. The van der Waals surface area contributed by atoms with Crippen LogP contribution in [0.3, 0.4) is 0 Å². The Labute approximate surface area is 163 Å². The Hall–Kier alpha value is -2.16. The van der Waals surface area contributed by atoms with E-state index in [9.17, 15) is 13.2 Å². The molecule has 0 saturated carbocycles. The minimum absolute atomic E-state index is 0.0378. The fourth-order valence-corrected chi connectivity index (χ4v) is 3.53. The minimum atomic E-state index is -3.86. The van der Waals surface area contributed by atoms with E-state index in [4.69, 9.17) is 26.2 Å². The number of nitrogens with zero attached hydrogens (tertiary/aromatic N) is 1. The van der Waals surface area contributed by atoms with Crippen LogP contribution < -0.4 is 14.4 Å². The van der Waals surface area contributed by atoms with Crippen molar-refractivity contribution < 1.29 is 27.3 Å². The molecular formula is C18H22ClN2O5S+. The van der Waals surface area contributed by atoms with Gasteiger partial charge in [-0.2, -0.15) is 4.57 Å². The highest BCUT2D eigenvalue weighted by Crippen LogP contribution is 2.26. The number of carbonyl (C=O) groups excluding carboxylic acids is 1. The summed E-state index contributed by atoms with van der Waals surface area (Å²) in [4.78, 5) is 11.7. The molecule has 0 spiro atoms. The first-order valence-electron chi connectivity index (χ1n) is 8.16. The number of aromatic nitrogens is 1. The topological polar surface area (TPSA) is 99.6 Å². The molecule has 0 bridgehead atoms. The first-order valence-corrected chi connectivity index (χ1v) is 10.1. The van der Waals surface area contributed by atoms with Crippen LogP contribution in [0.15, 0.2) is 35.2 Å². The van der Waals surface area contributed by atoms with Gasteiger partial charge in [-0.3, -0.25) is 0 Å². The normalized spacial score (nSPS) is 11.3. The van der Waals surface area contributed by atoms with Crippen molar-refractivity contribution in [3.05, 3.63) is 52.3 Å². The van der Waals surface area contributed by atoms with Gasteiger partial charge in [0, 0.05) is 26.0 Å². The van der Waals surface area contributed by atoms with Gasteiger partial charge in [-0.1, -0.05) is 11.6 Å². The number of rotatable bonds is 7. The number of primary sulfonamides is 1. The van der Waals surface area contributed by atoms with Crippen molar-refractivity contribution in [1.29, 1.82) is 0 Å². The molecule has 0 amide bonds. The number of benzene rings is 1. The largest absolute Gasteiger partial charge is 0.480 e. The number of ether oxygens (including phenoxy) is 2. The van der Waals surface area contributed by atoms with Gasteiger partial charge in [0.2, 0.25) is 10.0 Å². The van der Waals surface area contributed by atoms with E-state index in [1.54, 1.807) is 0 Å². The summed E-state index contributed by atoms with van der Waals surface area (Å²) in [6.07, 6.45) is 0. The van der Waals surface area contributed by atoms with Gasteiger partial charge in [0.05, 0.1) is 9.92 Å². The quantitative estimate of drug-likeness (QED) is 0.551. The molecule has 146 valence electrons. The Morgan fingerprint density at radius 1 is 1.15 bits per heavy atom. The maximum Gasteiger partial charge on any atom is 0.344 e. The van der Waals surface area contributed by atoms with E-state index in [1.807, 2.05) is 20.8 Å². The molecule has 1 aromatic heterocycles. The molecular weight excluding hydrogens is 392 g/mol. The average molecular weight is 414 g/mol. The van der Waals surface area contributed by atoms with Crippen LogP contribution in [0.4, 0.5) is 0 Å².